The summed E-state index contributed by atoms with van der Waals surface area (Å²) in [5, 5.41) is 10.5. The molecule has 0 atom stereocenters. The predicted molar refractivity (Wildman–Crippen MR) is 65.2 cm³/mol. The van der Waals surface area contributed by atoms with Crippen LogP contribution < -0.4 is 4.90 Å². The van der Waals surface area contributed by atoms with Gasteiger partial charge in [-0.2, -0.15) is 0 Å². The Balaban J connectivity index is 2.35. The molecule has 80 valence electrons. The summed E-state index contributed by atoms with van der Waals surface area (Å²) < 4.78 is 0. The van der Waals surface area contributed by atoms with Gasteiger partial charge in [0.15, 0.2) is 0 Å². The van der Waals surface area contributed by atoms with E-state index in [1.54, 1.807) is 6.20 Å². The van der Waals surface area contributed by atoms with E-state index < -0.39 is 0 Å². The van der Waals surface area contributed by atoms with Crippen LogP contribution >= 0.6 is 0 Å². The van der Waals surface area contributed by atoms with Crippen molar-refractivity contribution in [2.45, 2.75) is 0 Å². The van der Waals surface area contributed by atoms with Crippen LogP contribution in [0.1, 0.15) is 5.56 Å². The fourth-order valence-electron chi connectivity index (χ4n) is 2.14. The molecule has 0 bridgehead atoms. The lowest BCUT2D eigenvalue weighted by atomic mass is 10.0. The maximum atomic E-state index is 9.36. The Bertz CT molecular complexity index is 563. The summed E-state index contributed by atoms with van der Waals surface area (Å²) in [4.78, 5) is 6.33. The average molecular weight is 212 g/mol. The van der Waals surface area contributed by atoms with E-state index in [1.165, 1.54) is 0 Å². The summed E-state index contributed by atoms with van der Waals surface area (Å²) in [6.07, 6.45) is 5.92. The van der Waals surface area contributed by atoms with Crippen molar-refractivity contribution in [3.8, 4) is 0 Å². The quantitative estimate of drug-likeness (QED) is 0.785. The minimum Gasteiger partial charge on any atom is -0.376 e. The number of anilines is 1. The zero-order valence-electron chi connectivity index (χ0n) is 8.80. The number of benzene rings is 1. The smallest absolute Gasteiger partial charge is 0.116 e. The molecule has 0 unspecified atom stereocenters. The lowest BCUT2D eigenvalue weighted by Gasteiger charge is -2.26. The summed E-state index contributed by atoms with van der Waals surface area (Å²) in [5.41, 5.74) is 3.10. The summed E-state index contributed by atoms with van der Waals surface area (Å²) in [6, 6.07) is 8.09. The highest BCUT2D eigenvalue weighted by Gasteiger charge is 2.15. The summed E-state index contributed by atoms with van der Waals surface area (Å²) in [5.74, 6) is 0. The van der Waals surface area contributed by atoms with Crippen LogP contribution in [0.15, 0.2) is 36.5 Å². The van der Waals surface area contributed by atoms with Gasteiger partial charge < -0.3 is 10.0 Å². The summed E-state index contributed by atoms with van der Waals surface area (Å²) in [7, 11) is 0. The number of pyridine rings is 1. The molecule has 2 aromatic rings. The van der Waals surface area contributed by atoms with Gasteiger partial charge in [-0.1, -0.05) is 30.4 Å². The molecular weight excluding hydrogens is 200 g/mol. The Kier molecular flexibility index (Phi) is 2.11. The van der Waals surface area contributed by atoms with E-state index in [2.05, 4.69) is 23.2 Å². The number of aliphatic hydroxyl groups excluding tert-OH is 1. The van der Waals surface area contributed by atoms with Crippen LogP contribution in [-0.4, -0.2) is 23.4 Å². The van der Waals surface area contributed by atoms with Gasteiger partial charge in [-0.15, -0.1) is 0 Å². The lowest BCUT2D eigenvalue weighted by Crippen LogP contribution is -2.27. The molecule has 0 fully saturated rings. The highest BCUT2D eigenvalue weighted by molar-refractivity contribution is 5.96. The Morgan fingerprint density at radius 3 is 3.12 bits per heavy atom. The average Bonchev–Trinajstić information content (AvgIpc) is 2.37. The number of nitrogens with zero attached hydrogens (tertiary/aromatic N) is 2. The number of hydrogen-bond acceptors (Lipinski definition) is 3. The molecule has 3 rings (SSSR count). The van der Waals surface area contributed by atoms with Crippen LogP contribution in [0.3, 0.4) is 0 Å². The highest BCUT2D eigenvalue weighted by Crippen LogP contribution is 2.32. The van der Waals surface area contributed by atoms with Crippen LogP contribution in [0.25, 0.3) is 17.0 Å². The summed E-state index contributed by atoms with van der Waals surface area (Å²) >= 11 is 0. The van der Waals surface area contributed by atoms with Crippen LogP contribution in [0.4, 0.5) is 5.69 Å². The van der Waals surface area contributed by atoms with Crippen molar-refractivity contribution in [2.75, 3.05) is 18.2 Å². The maximum Gasteiger partial charge on any atom is 0.116 e. The van der Waals surface area contributed by atoms with E-state index in [9.17, 15) is 5.11 Å². The number of fused-ring (bicyclic) bond motifs is 3. The fraction of sp³-hybridized carbons (Fsp3) is 0.154. The maximum absolute atomic E-state index is 9.36. The molecule has 3 heteroatoms. The van der Waals surface area contributed by atoms with Gasteiger partial charge in [-0.3, -0.25) is 4.98 Å². The lowest BCUT2D eigenvalue weighted by molar-refractivity contribution is 0.294. The molecule has 1 aromatic carbocycles. The number of aliphatic hydroxyl groups is 1. The van der Waals surface area contributed by atoms with Crippen molar-refractivity contribution in [2.24, 2.45) is 0 Å². The molecule has 1 aliphatic heterocycles. The first-order valence-corrected chi connectivity index (χ1v) is 5.30. The Morgan fingerprint density at radius 2 is 2.25 bits per heavy atom. The van der Waals surface area contributed by atoms with Gasteiger partial charge in [0, 0.05) is 18.1 Å². The van der Waals surface area contributed by atoms with Crippen molar-refractivity contribution >= 4 is 22.7 Å². The van der Waals surface area contributed by atoms with Gasteiger partial charge in [0.25, 0.3) is 0 Å². The second-order valence-electron chi connectivity index (χ2n) is 3.84. The third-order valence-corrected chi connectivity index (χ3v) is 2.89. The zero-order valence-corrected chi connectivity index (χ0v) is 8.80. The van der Waals surface area contributed by atoms with Crippen molar-refractivity contribution in [1.82, 2.24) is 4.98 Å². The topological polar surface area (TPSA) is 36.4 Å². The molecule has 1 aromatic heterocycles. The third kappa shape index (κ3) is 1.29. The van der Waals surface area contributed by atoms with Crippen LogP contribution in [-0.2, 0) is 0 Å². The third-order valence-electron chi connectivity index (χ3n) is 2.89. The van der Waals surface area contributed by atoms with E-state index in [0.717, 1.165) is 28.7 Å². The van der Waals surface area contributed by atoms with Gasteiger partial charge in [0.2, 0.25) is 0 Å². The monoisotopic (exact) mass is 212 g/mol. The molecule has 0 spiro atoms. The van der Waals surface area contributed by atoms with Gasteiger partial charge in [0.05, 0.1) is 11.2 Å². The number of rotatable bonds is 1. The van der Waals surface area contributed by atoms with Crippen LogP contribution in [0.5, 0.6) is 0 Å². The van der Waals surface area contributed by atoms with Gasteiger partial charge in [0.1, 0.15) is 6.73 Å². The van der Waals surface area contributed by atoms with E-state index in [4.69, 9.17) is 0 Å². The Morgan fingerprint density at radius 1 is 1.31 bits per heavy atom. The van der Waals surface area contributed by atoms with E-state index in [1.807, 2.05) is 23.1 Å². The Hall–Kier alpha value is -1.87. The zero-order chi connectivity index (χ0) is 11.0. The van der Waals surface area contributed by atoms with Crippen molar-refractivity contribution in [3.63, 3.8) is 0 Å². The predicted octanol–water partition coefficient (Wildman–Crippen LogP) is 2.02. The van der Waals surface area contributed by atoms with Crippen LogP contribution in [0, 0.1) is 0 Å². The van der Waals surface area contributed by atoms with E-state index >= 15 is 0 Å². The molecule has 0 amide bonds. The molecule has 0 saturated heterocycles. The first-order valence-electron chi connectivity index (χ1n) is 5.30. The number of aromatic nitrogens is 1. The first kappa shape index (κ1) is 9.36. The molecule has 0 saturated carbocycles. The molecule has 2 heterocycles. The SMILES string of the molecule is OCN1CC=Cc2ccc3cccnc3c21. The normalized spacial score (nSPS) is 14.2. The summed E-state index contributed by atoms with van der Waals surface area (Å²) in [6.45, 7) is 0.756. The van der Waals surface area contributed by atoms with E-state index in [0.29, 0.717) is 0 Å². The molecule has 0 aliphatic carbocycles. The minimum atomic E-state index is 0.0209. The van der Waals surface area contributed by atoms with Gasteiger partial charge >= 0.3 is 0 Å². The van der Waals surface area contributed by atoms with E-state index in [-0.39, 0.29) is 6.73 Å². The van der Waals surface area contributed by atoms with Crippen molar-refractivity contribution in [1.29, 1.82) is 0 Å². The van der Waals surface area contributed by atoms with Crippen LogP contribution in [0.2, 0.25) is 0 Å². The molecule has 1 aliphatic rings. The number of hydrogen-bond donors (Lipinski definition) is 1. The van der Waals surface area contributed by atoms with Gasteiger partial charge in [-0.05, 0) is 11.6 Å². The second kappa shape index (κ2) is 3.61. The van der Waals surface area contributed by atoms with Crippen molar-refractivity contribution < 1.29 is 5.11 Å². The molecule has 0 radical (unpaired) electrons. The standard InChI is InChI=1S/C13H12N2O/c16-9-15-8-2-4-11-6-5-10-3-1-7-14-12(10)13(11)15/h1-7,16H,8-9H2. The molecular formula is C13H12N2O. The first-order chi connectivity index (χ1) is 7.90. The van der Waals surface area contributed by atoms with Crippen molar-refractivity contribution in [3.05, 3.63) is 42.1 Å². The molecule has 16 heavy (non-hydrogen) atoms. The molecule has 1 N–H and O–H groups in total. The fourth-order valence-corrected chi connectivity index (χ4v) is 2.14. The molecule has 3 nitrogen and oxygen atoms in total. The largest absolute Gasteiger partial charge is 0.376 e. The minimum absolute atomic E-state index is 0.0209. The van der Waals surface area contributed by atoms with Gasteiger partial charge in [-0.25, -0.2) is 0 Å². The highest BCUT2D eigenvalue weighted by atomic mass is 16.3. The second-order valence-corrected chi connectivity index (χ2v) is 3.84. The Labute approximate surface area is 93.7 Å².